The zero-order valence-corrected chi connectivity index (χ0v) is 9.64. The molecule has 2 rings (SSSR count). The van der Waals surface area contributed by atoms with Crippen molar-refractivity contribution in [1.29, 1.82) is 0 Å². The van der Waals surface area contributed by atoms with Gasteiger partial charge in [0.15, 0.2) is 0 Å². The molecule has 1 aromatic rings. The summed E-state index contributed by atoms with van der Waals surface area (Å²) in [5.74, 6) is 0.725. The molecular formula is C13H17Cl. The number of alkyl halides is 1. The Bertz CT molecular complexity index is 328. The van der Waals surface area contributed by atoms with Crippen molar-refractivity contribution in [3.8, 4) is 0 Å². The standard InChI is InChI=1S/C13H17Cl/c1-9(2)7-10-3-4-11-5-6-13(14)12(11)8-10/h3-4,8-9,13H,5-7H2,1-2H3. The van der Waals surface area contributed by atoms with Crippen LogP contribution >= 0.6 is 11.6 Å². The van der Waals surface area contributed by atoms with E-state index in [0.29, 0.717) is 0 Å². The van der Waals surface area contributed by atoms with Crippen LogP contribution in [0.5, 0.6) is 0 Å². The van der Waals surface area contributed by atoms with Gasteiger partial charge in [0.2, 0.25) is 0 Å². The van der Waals surface area contributed by atoms with E-state index in [4.69, 9.17) is 11.6 Å². The molecule has 0 aromatic heterocycles. The van der Waals surface area contributed by atoms with E-state index in [1.165, 1.54) is 16.7 Å². The van der Waals surface area contributed by atoms with E-state index in [-0.39, 0.29) is 5.38 Å². The van der Waals surface area contributed by atoms with Crippen molar-refractivity contribution in [3.63, 3.8) is 0 Å². The summed E-state index contributed by atoms with van der Waals surface area (Å²) < 4.78 is 0. The molecule has 1 aromatic carbocycles. The highest BCUT2D eigenvalue weighted by molar-refractivity contribution is 6.21. The number of halogens is 1. The predicted octanol–water partition coefficient (Wildman–Crippen LogP) is 4.11. The lowest BCUT2D eigenvalue weighted by atomic mass is 9.99. The van der Waals surface area contributed by atoms with Crippen molar-refractivity contribution >= 4 is 11.6 Å². The number of hydrogen-bond donors (Lipinski definition) is 0. The normalized spacial score (nSPS) is 20.1. The summed E-state index contributed by atoms with van der Waals surface area (Å²) in [6, 6.07) is 6.82. The predicted molar refractivity (Wildman–Crippen MR) is 61.9 cm³/mol. The maximum Gasteiger partial charge on any atom is 0.0591 e. The summed E-state index contributed by atoms with van der Waals surface area (Å²) in [6.45, 7) is 4.51. The number of aryl methyl sites for hydroxylation is 1. The number of benzene rings is 1. The van der Waals surface area contributed by atoms with Gasteiger partial charge in [-0.3, -0.25) is 0 Å². The van der Waals surface area contributed by atoms with Gasteiger partial charge in [0, 0.05) is 0 Å². The second kappa shape index (κ2) is 3.94. The molecule has 0 bridgehead atoms. The van der Waals surface area contributed by atoms with Crippen molar-refractivity contribution in [3.05, 3.63) is 34.9 Å². The first kappa shape index (κ1) is 10.0. The van der Waals surface area contributed by atoms with Crippen LogP contribution in [-0.2, 0) is 12.8 Å². The molecule has 1 heteroatoms. The van der Waals surface area contributed by atoms with Crippen LogP contribution in [0, 0.1) is 5.92 Å². The van der Waals surface area contributed by atoms with Gasteiger partial charge in [-0.2, -0.15) is 0 Å². The molecule has 0 spiro atoms. The average Bonchev–Trinajstić information content (AvgIpc) is 2.47. The van der Waals surface area contributed by atoms with Gasteiger partial charge in [-0.25, -0.2) is 0 Å². The maximum atomic E-state index is 6.25. The van der Waals surface area contributed by atoms with Gasteiger partial charge in [-0.05, 0) is 41.9 Å². The largest absolute Gasteiger partial charge is 0.118 e. The van der Waals surface area contributed by atoms with Gasteiger partial charge in [0.25, 0.3) is 0 Å². The van der Waals surface area contributed by atoms with Crippen molar-refractivity contribution in [2.24, 2.45) is 5.92 Å². The third-order valence-corrected chi connectivity index (χ3v) is 3.31. The van der Waals surface area contributed by atoms with Crippen LogP contribution in [0.2, 0.25) is 0 Å². The molecule has 14 heavy (non-hydrogen) atoms. The molecule has 1 unspecified atom stereocenters. The molecule has 0 nitrogen and oxygen atoms in total. The lowest BCUT2D eigenvalue weighted by Gasteiger charge is -2.08. The van der Waals surface area contributed by atoms with E-state index in [9.17, 15) is 0 Å². The Balaban J connectivity index is 2.26. The smallest absolute Gasteiger partial charge is 0.0591 e. The van der Waals surface area contributed by atoms with Crippen LogP contribution < -0.4 is 0 Å². The minimum absolute atomic E-state index is 0.261. The molecule has 1 aliphatic rings. The van der Waals surface area contributed by atoms with E-state index in [2.05, 4.69) is 32.0 Å². The molecule has 0 N–H and O–H groups in total. The van der Waals surface area contributed by atoms with Gasteiger partial charge in [-0.1, -0.05) is 32.0 Å². The summed E-state index contributed by atoms with van der Waals surface area (Å²) in [6.07, 6.45) is 3.43. The van der Waals surface area contributed by atoms with E-state index in [1.54, 1.807) is 0 Å². The van der Waals surface area contributed by atoms with Crippen LogP contribution in [0.1, 0.15) is 42.3 Å². The minimum Gasteiger partial charge on any atom is -0.118 e. The molecule has 0 aliphatic heterocycles. The Morgan fingerprint density at radius 1 is 1.43 bits per heavy atom. The fourth-order valence-electron chi connectivity index (χ4n) is 2.20. The molecule has 1 atom stereocenters. The summed E-state index contributed by atoms with van der Waals surface area (Å²) in [7, 11) is 0. The number of rotatable bonds is 2. The minimum atomic E-state index is 0.261. The Labute approximate surface area is 91.3 Å². The Kier molecular flexibility index (Phi) is 2.83. The van der Waals surface area contributed by atoms with Gasteiger partial charge >= 0.3 is 0 Å². The van der Waals surface area contributed by atoms with Crippen molar-refractivity contribution in [1.82, 2.24) is 0 Å². The molecule has 1 aliphatic carbocycles. The van der Waals surface area contributed by atoms with Crippen LogP contribution in [0.3, 0.4) is 0 Å². The van der Waals surface area contributed by atoms with Crippen molar-refractivity contribution < 1.29 is 0 Å². The van der Waals surface area contributed by atoms with Crippen molar-refractivity contribution in [2.45, 2.75) is 38.5 Å². The zero-order chi connectivity index (χ0) is 10.1. The monoisotopic (exact) mass is 208 g/mol. The molecule has 0 heterocycles. The third-order valence-electron chi connectivity index (χ3n) is 2.86. The molecule has 76 valence electrons. The summed E-state index contributed by atoms with van der Waals surface area (Å²) in [4.78, 5) is 0. The van der Waals surface area contributed by atoms with Gasteiger partial charge in [-0.15, -0.1) is 11.6 Å². The summed E-state index contributed by atoms with van der Waals surface area (Å²) in [5, 5.41) is 0.261. The van der Waals surface area contributed by atoms with Gasteiger partial charge in [0.05, 0.1) is 5.38 Å². The average molecular weight is 209 g/mol. The lowest BCUT2D eigenvalue weighted by molar-refractivity contribution is 0.647. The van der Waals surface area contributed by atoms with Crippen molar-refractivity contribution in [2.75, 3.05) is 0 Å². The first-order valence-electron chi connectivity index (χ1n) is 5.42. The van der Waals surface area contributed by atoms with E-state index in [1.807, 2.05) is 0 Å². The lowest BCUT2D eigenvalue weighted by Crippen LogP contribution is -1.95. The van der Waals surface area contributed by atoms with E-state index >= 15 is 0 Å². The molecule has 0 fully saturated rings. The highest BCUT2D eigenvalue weighted by atomic mass is 35.5. The fraction of sp³-hybridized carbons (Fsp3) is 0.538. The maximum absolute atomic E-state index is 6.25. The first-order chi connectivity index (χ1) is 6.66. The van der Waals surface area contributed by atoms with Gasteiger partial charge in [0.1, 0.15) is 0 Å². The second-order valence-electron chi connectivity index (χ2n) is 4.64. The SMILES string of the molecule is CC(C)Cc1ccc2c(c1)C(Cl)CC2. The first-order valence-corrected chi connectivity index (χ1v) is 5.86. The summed E-state index contributed by atoms with van der Waals surface area (Å²) >= 11 is 6.25. The topological polar surface area (TPSA) is 0 Å². The van der Waals surface area contributed by atoms with Crippen LogP contribution in [0.15, 0.2) is 18.2 Å². The third kappa shape index (κ3) is 1.95. The molecule has 0 saturated carbocycles. The molecule has 0 amide bonds. The van der Waals surface area contributed by atoms with E-state index in [0.717, 1.165) is 25.2 Å². The second-order valence-corrected chi connectivity index (χ2v) is 5.16. The number of fused-ring (bicyclic) bond motifs is 1. The van der Waals surface area contributed by atoms with Crippen LogP contribution in [0.25, 0.3) is 0 Å². The molecular weight excluding hydrogens is 192 g/mol. The Morgan fingerprint density at radius 2 is 2.21 bits per heavy atom. The van der Waals surface area contributed by atoms with Gasteiger partial charge < -0.3 is 0 Å². The molecule has 0 saturated heterocycles. The van der Waals surface area contributed by atoms with Crippen LogP contribution in [-0.4, -0.2) is 0 Å². The van der Waals surface area contributed by atoms with Crippen LogP contribution in [0.4, 0.5) is 0 Å². The quantitative estimate of drug-likeness (QED) is 0.642. The Hall–Kier alpha value is -0.490. The Morgan fingerprint density at radius 3 is 2.93 bits per heavy atom. The summed E-state index contributed by atoms with van der Waals surface area (Å²) in [5.41, 5.74) is 4.27. The highest BCUT2D eigenvalue weighted by Crippen LogP contribution is 2.36. The number of hydrogen-bond acceptors (Lipinski definition) is 0. The zero-order valence-electron chi connectivity index (χ0n) is 8.89. The highest BCUT2D eigenvalue weighted by Gasteiger charge is 2.20. The van der Waals surface area contributed by atoms with E-state index < -0.39 is 0 Å². The molecule has 0 radical (unpaired) electrons. The fourth-order valence-corrected chi connectivity index (χ4v) is 2.51.